The molecule has 0 heterocycles. The summed E-state index contributed by atoms with van der Waals surface area (Å²) in [5.74, 6) is -1.18. The highest BCUT2D eigenvalue weighted by Crippen LogP contribution is 2.28. The summed E-state index contributed by atoms with van der Waals surface area (Å²) in [6, 6.07) is 1.77. The number of halogens is 4. The van der Waals surface area contributed by atoms with Gasteiger partial charge in [0, 0.05) is 11.4 Å². The van der Waals surface area contributed by atoms with Crippen LogP contribution in [-0.4, -0.2) is 11.8 Å². The van der Waals surface area contributed by atoms with Crippen molar-refractivity contribution in [2.45, 2.75) is 25.2 Å². The van der Waals surface area contributed by atoms with Crippen LogP contribution in [-0.2, 0) is 9.63 Å². The number of carbonyl (C=O) groups excluding carboxylic acids is 1. The van der Waals surface area contributed by atoms with Crippen molar-refractivity contribution in [3.63, 3.8) is 0 Å². The van der Waals surface area contributed by atoms with Gasteiger partial charge in [0.15, 0.2) is 17.5 Å². The second-order valence-electron chi connectivity index (χ2n) is 3.94. The first-order valence-electron chi connectivity index (χ1n) is 5.62. The topological polar surface area (TPSA) is 52.3 Å². The summed E-state index contributed by atoms with van der Waals surface area (Å²) in [5.41, 5.74) is -0.274. The molecule has 19 heavy (non-hydrogen) atoms. The largest absolute Gasteiger partial charge is 0.373 e. The molecule has 0 saturated heterocycles. The summed E-state index contributed by atoms with van der Waals surface area (Å²) in [6.07, 6.45) is 1.29. The molecule has 0 saturated carbocycles. The molecule has 1 aromatic rings. The van der Waals surface area contributed by atoms with Crippen molar-refractivity contribution < 1.29 is 22.8 Å². The average Bonchev–Trinajstić information content (AvgIpc) is 2.41. The number of benzene rings is 1. The summed E-state index contributed by atoms with van der Waals surface area (Å²) in [7, 11) is 0. The molecule has 0 aliphatic heterocycles. The lowest BCUT2D eigenvalue weighted by Crippen LogP contribution is -2.21. The fourth-order valence-corrected chi connectivity index (χ4v) is 1.92. The van der Waals surface area contributed by atoms with Gasteiger partial charge in [0.2, 0.25) is 0 Å². The van der Waals surface area contributed by atoms with E-state index in [1.54, 1.807) is 0 Å². The van der Waals surface area contributed by atoms with Gasteiger partial charge >= 0.3 is 5.97 Å². The maximum Gasteiger partial charge on any atom is 0.331 e. The van der Waals surface area contributed by atoms with Gasteiger partial charge in [-0.1, -0.05) is 12.5 Å². The van der Waals surface area contributed by atoms with Gasteiger partial charge in [-0.05, 0) is 18.9 Å². The number of hydrogen-bond acceptors (Lipinski definition) is 3. The van der Waals surface area contributed by atoms with Crippen molar-refractivity contribution in [3.8, 4) is 0 Å². The normalized spacial score (nSPS) is 12.3. The van der Waals surface area contributed by atoms with E-state index in [9.17, 15) is 18.0 Å². The van der Waals surface area contributed by atoms with E-state index in [1.165, 1.54) is 0 Å². The molecule has 7 heteroatoms. The minimum absolute atomic E-state index is 0.185. The van der Waals surface area contributed by atoms with E-state index in [0.29, 0.717) is 18.7 Å². The summed E-state index contributed by atoms with van der Waals surface area (Å²) in [5, 5.41) is 0. The Balaban J connectivity index is 3.03. The molecule has 0 spiro atoms. The predicted octanol–water partition coefficient (Wildman–Crippen LogP) is 3.01. The highest BCUT2D eigenvalue weighted by atomic mass is 35.5. The molecule has 0 bridgehead atoms. The van der Waals surface area contributed by atoms with Gasteiger partial charge in [0.25, 0.3) is 0 Å². The fourth-order valence-electron chi connectivity index (χ4n) is 1.74. The minimum atomic E-state index is -1.62. The van der Waals surface area contributed by atoms with Crippen LogP contribution in [0.2, 0.25) is 0 Å². The second kappa shape index (κ2) is 7.35. The van der Waals surface area contributed by atoms with Crippen molar-refractivity contribution in [2.75, 3.05) is 5.88 Å². The number of hydrogen-bond donors (Lipinski definition) is 1. The summed E-state index contributed by atoms with van der Waals surface area (Å²) >= 11 is 5.50. The van der Waals surface area contributed by atoms with Crippen LogP contribution in [0, 0.1) is 17.5 Å². The molecule has 3 nitrogen and oxygen atoms in total. The molecule has 0 aliphatic rings. The highest BCUT2D eigenvalue weighted by Gasteiger charge is 2.27. The average molecular weight is 296 g/mol. The van der Waals surface area contributed by atoms with Crippen molar-refractivity contribution >= 4 is 17.6 Å². The predicted molar refractivity (Wildman–Crippen MR) is 63.9 cm³/mol. The van der Waals surface area contributed by atoms with E-state index in [2.05, 4.69) is 4.84 Å². The molecule has 1 rings (SSSR count). The van der Waals surface area contributed by atoms with Crippen molar-refractivity contribution in [3.05, 3.63) is 35.1 Å². The van der Waals surface area contributed by atoms with Crippen molar-refractivity contribution in [2.24, 2.45) is 5.90 Å². The summed E-state index contributed by atoms with van der Waals surface area (Å²) in [4.78, 5) is 15.6. The smallest absolute Gasteiger partial charge is 0.331 e. The van der Waals surface area contributed by atoms with Gasteiger partial charge in [0.1, 0.15) is 0 Å². The standard InChI is InChI=1S/C12H13ClF3NO2/c13-6-2-1-3-8(12(18)19-17)7-4-5-9(14)11(16)10(7)15/h4-5,8H,1-3,6,17H2. The quantitative estimate of drug-likeness (QED) is 0.380. The Morgan fingerprint density at radius 2 is 1.95 bits per heavy atom. The third-order valence-corrected chi connectivity index (χ3v) is 2.98. The Morgan fingerprint density at radius 1 is 1.26 bits per heavy atom. The van der Waals surface area contributed by atoms with Gasteiger partial charge in [-0.25, -0.2) is 18.0 Å². The van der Waals surface area contributed by atoms with Crippen LogP contribution in [0.3, 0.4) is 0 Å². The van der Waals surface area contributed by atoms with Crippen LogP contribution in [0.4, 0.5) is 13.2 Å². The second-order valence-corrected chi connectivity index (χ2v) is 4.32. The summed E-state index contributed by atoms with van der Waals surface area (Å²) in [6.45, 7) is 0. The molecule has 0 fully saturated rings. The number of unbranched alkanes of at least 4 members (excludes halogenated alkanes) is 1. The fraction of sp³-hybridized carbons (Fsp3) is 0.417. The minimum Gasteiger partial charge on any atom is -0.373 e. The van der Waals surface area contributed by atoms with Crippen molar-refractivity contribution in [1.29, 1.82) is 0 Å². The third-order valence-electron chi connectivity index (χ3n) is 2.72. The van der Waals surface area contributed by atoms with E-state index in [-0.39, 0.29) is 12.0 Å². The molecule has 0 amide bonds. The molecule has 1 unspecified atom stereocenters. The Hall–Kier alpha value is -1.27. The van der Waals surface area contributed by atoms with Crippen LogP contribution < -0.4 is 5.90 Å². The van der Waals surface area contributed by atoms with Crippen LogP contribution in [0.25, 0.3) is 0 Å². The van der Waals surface area contributed by atoms with E-state index in [0.717, 1.165) is 12.1 Å². The number of alkyl halides is 1. The van der Waals surface area contributed by atoms with Gasteiger partial charge in [-0.3, -0.25) is 0 Å². The van der Waals surface area contributed by atoms with Crippen LogP contribution in [0.5, 0.6) is 0 Å². The lowest BCUT2D eigenvalue weighted by atomic mass is 9.93. The van der Waals surface area contributed by atoms with E-state index < -0.39 is 29.3 Å². The van der Waals surface area contributed by atoms with Crippen LogP contribution in [0.1, 0.15) is 30.7 Å². The van der Waals surface area contributed by atoms with Crippen LogP contribution in [0.15, 0.2) is 12.1 Å². The number of carbonyl (C=O) groups is 1. The molecule has 2 N–H and O–H groups in total. The maximum absolute atomic E-state index is 13.6. The van der Waals surface area contributed by atoms with Crippen LogP contribution >= 0.6 is 11.6 Å². The zero-order valence-corrected chi connectivity index (χ0v) is 10.7. The lowest BCUT2D eigenvalue weighted by Gasteiger charge is -2.15. The molecule has 1 atom stereocenters. The Morgan fingerprint density at radius 3 is 2.53 bits per heavy atom. The van der Waals surface area contributed by atoms with Gasteiger partial charge in [-0.2, -0.15) is 5.90 Å². The Labute approximate surface area is 113 Å². The monoisotopic (exact) mass is 295 g/mol. The van der Waals surface area contributed by atoms with E-state index in [1.807, 2.05) is 0 Å². The highest BCUT2D eigenvalue weighted by molar-refractivity contribution is 6.17. The Bertz CT molecular complexity index is 457. The van der Waals surface area contributed by atoms with Gasteiger partial charge in [-0.15, -0.1) is 11.6 Å². The molecule has 106 valence electrons. The molecule has 0 radical (unpaired) electrons. The first kappa shape index (κ1) is 15.8. The third kappa shape index (κ3) is 3.84. The van der Waals surface area contributed by atoms with Gasteiger partial charge in [0.05, 0.1) is 5.92 Å². The van der Waals surface area contributed by atoms with E-state index in [4.69, 9.17) is 17.5 Å². The van der Waals surface area contributed by atoms with Gasteiger partial charge < -0.3 is 4.84 Å². The molecule has 0 aliphatic carbocycles. The molecular formula is C12H13ClF3NO2. The number of nitrogens with two attached hydrogens (primary N) is 1. The molecule has 1 aromatic carbocycles. The first-order chi connectivity index (χ1) is 9.02. The molecule has 0 aromatic heterocycles. The van der Waals surface area contributed by atoms with Crippen molar-refractivity contribution in [1.82, 2.24) is 0 Å². The molecular weight excluding hydrogens is 283 g/mol. The zero-order chi connectivity index (χ0) is 14.4. The SMILES string of the molecule is NOC(=O)C(CCCCCl)c1ccc(F)c(F)c1F. The maximum atomic E-state index is 13.6. The first-order valence-corrected chi connectivity index (χ1v) is 6.16. The lowest BCUT2D eigenvalue weighted by molar-refractivity contribution is -0.146. The summed E-state index contributed by atoms with van der Waals surface area (Å²) < 4.78 is 39.6. The zero-order valence-electron chi connectivity index (χ0n) is 9.97. The van der Waals surface area contributed by atoms with E-state index >= 15 is 0 Å². The number of rotatable bonds is 6. The Kier molecular flexibility index (Phi) is 6.11.